The third-order valence-electron chi connectivity index (χ3n) is 1.67. The van der Waals surface area contributed by atoms with E-state index < -0.39 is 0 Å². The Morgan fingerprint density at radius 1 is 1.31 bits per heavy atom. The summed E-state index contributed by atoms with van der Waals surface area (Å²) >= 11 is 13.4. The molecule has 0 amide bonds. The molecule has 0 fully saturated rings. The van der Waals surface area contributed by atoms with Gasteiger partial charge in [-0.2, -0.15) is 5.10 Å². The van der Waals surface area contributed by atoms with Gasteiger partial charge in [0.05, 0.1) is 5.52 Å². The minimum Gasteiger partial charge on any atom is -0.221 e. The van der Waals surface area contributed by atoms with E-state index in [2.05, 4.69) is 5.10 Å². The number of fused-ring (bicyclic) bond motifs is 1. The zero-order chi connectivity index (χ0) is 9.42. The van der Waals surface area contributed by atoms with E-state index in [0.717, 1.165) is 10.5 Å². The van der Waals surface area contributed by atoms with E-state index in [1.54, 1.807) is 22.3 Å². The number of thioether (sulfide) groups is 1. The Labute approximate surface area is 89.8 Å². The minimum absolute atomic E-state index is 0.530. The SMILES string of the molecule is CSc1cc2cc(Cl)cc(Cl)n2n1. The lowest BCUT2D eigenvalue weighted by Crippen LogP contribution is -1.88. The van der Waals surface area contributed by atoms with Crippen LogP contribution in [0.25, 0.3) is 5.52 Å². The molecule has 2 aromatic heterocycles. The molecule has 0 aliphatic heterocycles. The lowest BCUT2D eigenvalue weighted by molar-refractivity contribution is 0.903. The topological polar surface area (TPSA) is 17.3 Å². The minimum atomic E-state index is 0.530. The monoisotopic (exact) mass is 232 g/mol. The van der Waals surface area contributed by atoms with Crippen LogP contribution < -0.4 is 0 Å². The van der Waals surface area contributed by atoms with Gasteiger partial charge >= 0.3 is 0 Å². The van der Waals surface area contributed by atoms with E-state index in [4.69, 9.17) is 23.2 Å². The summed E-state index contributed by atoms with van der Waals surface area (Å²) in [6, 6.07) is 5.45. The highest BCUT2D eigenvalue weighted by molar-refractivity contribution is 7.98. The summed E-state index contributed by atoms with van der Waals surface area (Å²) in [4.78, 5) is 0. The normalized spacial score (nSPS) is 11.0. The predicted molar refractivity (Wildman–Crippen MR) is 57.0 cm³/mol. The van der Waals surface area contributed by atoms with Crippen molar-refractivity contribution in [1.82, 2.24) is 9.61 Å². The van der Waals surface area contributed by atoms with Crippen LogP contribution in [0, 0.1) is 0 Å². The van der Waals surface area contributed by atoms with E-state index in [1.165, 1.54) is 0 Å². The molecule has 0 unspecified atom stereocenters. The van der Waals surface area contributed by atoms with Gasteiger partial charge in [-0.05, 0) is 24.5 Å². The van der Waals surface area contributed by atoms with Gasteiger partial charge in [0.25, 0.3) is 0 Å². The second kappa shape index (κ2) is 3.40. The smallest absolute Gasteiger partial charge is 0.132 e. The van der Waals surface area contributed by atoms with Crippen molar-refractivity contribution in [2.75, 3.05) is 6.26 Å². The van der Waals surface area contributed by atoms with Crippen molar-refractivity contribution in [3.8, 4) is 0 Å². The lowest BCUT2D eigenvalue weighted by Gasteiger charge is -1.96. The van der Waals surface area contributed by atoms with Crippen molar-refractivity contribution in [2.24, 2.45) is 0 Å². The average molecular weight is 233 g/mol. The molecule has 5 heteroatoms. The summed E-state index contributed by atoms with van der Waals surface area (Å²) < 4.78 is 1.67. The molecular formula is C8H6Cl2N2S. The molecule has 0 aliphatic rings. The Bertz CT molecular complexity index is 453. The molecule has 0 aromatic carbocycles. The van der Waals surface area contributed by atoms with Crippen molar-refractivity contribution >= 4 is 40.5 Å². The fraction of sp³-hybridized carbons (Fsp3) is 0.125. The summed E-state index contributed by atoms with van der Waals surface area (Å²) in [6.07, 6.45) is 1.97. The number of rotatable bonds is 1. The van der Waals surface area contributed by atoms with Gasteiger partial charge in [0.2, 0.25) is 0 Å². The molecular weight excluding hydrogens is 227 g/mol. The fourth-order valence-corrected chi connectivity index (χ4v) is 2.03. The first-order valence-corrected chi connectivity index (χ1v) is 5.57. The van der Waals surface area contributed by atoms with Gasteiger partial charge in [0.1, 0.15) is 10.2 Å². The first-order chi connectivity index (χ1) is 6.20. The molecule has 0 atom stereocenters. The van der Waals surface area contributed by atoms with E-state index >= 15 is 0 Å². The van der Waals surface area contributed by atoms with Gasteiger partial charge in [-0.1, -0.05) is 23.2 Å². The number of pyridine rings is 1. The molecule has 2 heterocycles. The Morgan fingerprint density at radius 3 is 2.77 bits per heavy atom. The molecule has 68 valence electrons. The number of aromatic nitrogens is 2. The Kier molecular flexibility index (Phi) is 2.41. The van der Waals surface area contributed by atoms with Gasteiger partial charge in [-0.25, -0.2) is 4.52 Å². The summed E-state index contributed by atoms with van der Waals surface area (Å²) in [5.41, 5.74) is 0.918. The van der Waals surface area contributed by atoms with Gasteiger partial charge in [0.15, 0.2) is 0 Å². The third-order valence-corrected chi connectivity index (χ3v) is 2.77. The second-order valence-electron chi connectivity index (χ2n) is 2.52. The van der Waals surface area contributed by atoms with E-state index in [-0.39, 0.29) is 0 Å². The highest BCUT2D eigenvalue weighted by Crippen LogP contribution is 2.23. The first-order valence-electron chi connectivity index (χ1n) is 3.59. The van der Waals surface area contributed by atoms with E-state index in [9.17, 15) is 0 Å². The molecule has 0 aliphatic carbocycles. The number of hydrogen-bond acceptors (Lipinski definition) is 2. The van der Waals surface area contributed by atoms with Crippen LogP contribution in [-0.2, 0) is 0 Å². The summed E-state index contributed by atoms with van der Waals surface area (Å²) in [6.45, 7) is 0. The van der Waals surface area contributed by atoms with Crippen LogP contribution in [0.1, 0.15) is 0 Å². The van der Waals surface area contributed by atoms with Crippen LogP contribution in [0.4, 0.5) is 0 Å². The number of hydrogen-bond donors (Lipinski definition) is 0. The molecule has 0 saturated heterocycles. The van der Waals surface area contributed by atoms with Crippen molar-refractivity contribution in [3.63, 3.8) is 0 Å². The van der Waals surface area contributed by atoms with Gasteiger partial charge in [-0.15, -0.1) is 11.8 Å². The molecule has 0 radical (unpaired) electrons. The zero-order valence-electron chi connectivity index (χ0n) is 6.79. The Hall–Kier alpha value is -0.380. The Balaban J connectivity index is 2.75. The summed E-state index contributed by atoms with van der Waals surface area (Å²) in [7, 11) is 0. The van der Waals surface area contributed by atoms with Gasteiger partial charge in [-0.3, -0.25) is 0 Å². The standard InChI is InChI=1S/C8H6Cl2N2S/c1-13-8-4-6-2-5(9)3-7(10)12(6)11-8/h2-4H,1H3. The van der Waals surface area contributed by atoms with Crippen molar-refractivity contribution in [3.05, 3.63) is 28.4 Å². The first kappa shape index (κ1) is 9.19. The molecule has 2 aromatic rings. The van der Waals surface area contributed by atoms with Crippen LogP contribution in [0.3, 0.4) is 0 Å². The molecule has 0 bridgehead atoms. The maximum absolute atomic E-state index is 5.94. The van der Waals surface area contributed by atoms with Crippen molar-refractivity contribution in [2.45, 2.75) is 5.03 Å². The maximum atomic E-state index is 5.94. The highest BCUT2D eigenvalue weighted by Gasteiger charge is 2.04. The van der Waals surface area contributed by atoms with Gasteiger partial charge in [0, 0.05) is 5.02 Å². The predicted octanol–water partition coefficient (Wildman–Crippen LogP) is 3.36. The highest BCUT2D eigenvalue weighted by atomic mass is 35.5. The summed E-state index contributed by atoms with van der Waals surface area (Å²) in [5.74, 6) is 0. The van der Waals surface area contributed by atoms with Crippen LogP contribution in [0.5, 0.6) is 0 Å². The number of halogens is 2. The molecule has 2 nitrogen and oxygen atoms in total. The summed E-state index contributed by atoms with van der Waals surface area (Å²) in [5, 5.41) is 6.36. The largest absolute Gasteiger partial charge is 0.221 e. The third kappa shape index (κ3) is 1.64. The van der Waals surface area contributed by atoms with E-state index in [1.807, 2.05) is 18.4 Å². The second-order valence-corrected chi connectivity index (χ2v) is 4.17. The molecule has 2 rings (SSSR count). The maximum Gasteiger partial charge on any atom is 0.132 e. The fourth-order valence-electron chi connectivity index (χ4n) is 1.10. The molecule has 13 heavy (non-hydrogen) atoms. The molecule has 0 N–H and O–H groups in total. The van der Waals surface area contributed by atoms with Crippen LogP contribution >= 0.6 is 35.0 Å². The number of nitrogens with zero attached hydrogens (tertiary/aromatic N) is 2. The average Bonchev–Trinajstić information content (AvgIpc) is 2.47. The van der Waals surface area contributed by atoms with Crippen LogP contribution in [0.15, 0.2) is 23.2 Å². The van der Waals surface area contributed by atoms with Crippen molar-refractivity contribution < 1.29 is 0 Å². The van der Waals surface area contributed by atoms with Gasteiger partial charge < -0.3 is 0 Å². The zero-order valence-corrected chi connectivity index (χ0v) is 9.12. The molecule has 0 saturated carbocycles. The lowest BCUT2D eigenvalue weighted by atomic mass is 10.4. The molecule has 0 spiro atoms. The van der Waals surface area contributed by atoms with Crippen LogP contribution in [0.2, 0.25) is 10.2 Å². The van der Waals surface area contributed by atoms with E-state index in [0.29, 0.717) is 10.2 Å². The Morgan fingerprint density at radius 2 is 2.08 bits per heavy atom. The van der Waals surface area contributed by atoms with Crippen LogP contribution in [-0.4, -0.2) is 15.9 Å². The van der Waals surface area contributed by atoms with Crippen molar-refractivity contribution in [1.29, 1.82) is 0 Å². The quantitative estimate of drug-likeness (QED) is 0.555.